The van der Waals surface area contributed by atoms with Gasteiger partial charge in [0, 0.05) is 6.54 Å². The fourth-order valence-corrected chi connectivity index (χ4v) is 2.66. The summed E-state index contributed by atoms with van der Waals surface area (Å²) >= 11 is 12.0. The van der Waals surface area contributed by atoms with Crippen molar-refractivity contribution in [3.63, 3.8) is 0 Å². The Balaban J connectivity index is 2.19. The van der Waals surface area contributed by atoms with E-state index < -0.39 is 0 Å². The third kappa shape index (κ3) is 3.40. The maximum Gasteiger partial charge on any atom is 0.154 e. The Kier molecular flexibility index (Phi) is 4.67. The Hall–Kier alpha value is -1.25. The maximum absolute atomic E-state index is 6.12. The van der Waals surface area contributed by atoms with Gasteiger partial charge in [-0.3, -0.25) is 0 Å². The average Bonchev–Trinajstić information content (AvgIpc) is 2.38. The molecule has 1 aromatic carbocycles. The Morgan fingerprint density at radius 3 is 2.47 bits per heavy atom. The smallest absolute Gasteiger partial charge is 0.154 e. The van der Waals surface area contributed by atoms with Crippen LogP contribution in [0.4, 0.5) is 5.69 Å². The number of aryl methyl sites for hydroxylation is 2. The van der Waals surface area contributed by atoms with E-state index >= 15 is 0 Å². The predicted molar refractivity (Wildman–Crippen MR) is 82.1 cm³/mol. The SMILES string of the molecule is CCc1ccccc1CNc1c(C)cc(Cl)nc1Cl. The van der Waals surface area contributed by atoms with Crippen molar-refractivity contribution in [2.45, 2.75) is 26.8 Å². The molecule has 100 valence electrons. The highest BCUT2D eigenvalue weighted by Crippen LogP contribution is 2.27. The van der Waals surface area contributed by atoms with E-state index in [-0.39, 0.29) is 0 Å². The standard InChI is InChI=1S/C15H16Cl2N2/c1-3-11-6-4-5-7-12(11)9-18-14-10(2)8-13(16)19-15(14)17/h4-8,18H,3,9H2,1-2H3. The molecule has 2 rings (SSSR count). The molecule has 0 spiro atoms. The first kappa shape index (κ1) is 14.2. The number of hydrogen-bond acceptors (Lipinski definition) is 2. The van der Waals surface area contributed by atoms with Crippen LogP contribution >= 0.6 is 23.2 Å². The molecule has 1 aromatic heterocycles. The number of halogens is 2. The maximum atomic E-state index is 6.12. The van der Waals surface area contributed by atoms with Crippen molar-refractivity contribution in [3.05, 3.63) is 57.3 Å². The van der Waals surface area contributed by atoms with E-state index in [2.05, 4.69) is 35.4 Å². The van der Waals surface area contributed by atoms with Gasteiger partial charge in [0.15, 0.2) is 5.15 Å². The summed E-state index contributed by atoms with van der Waals surface area (Å²) in [7, 11) is 0. The van der Waals surface area contributed by atoms with Crippen LogP contribution in [0.2, 0.25) is 10.3 Å². The van der Waals surface area contributed by atoms with Crippen LogP contribution in [0, 0.1) is 6.92 Å². The highest BCUT2D eigenvalue weighted by molar-refractivity contribution is 6.34. The summed E-state index contributed by atoms with van der Waals surface area (Å²) in [5.74, 6) is 0. The van der Waals surface area contributed by atoms with Crippen molar-refractivity contribution in [1.82, 2.24) is 4.98 Å². The van der Waals surface area contributed by atoms with E-state index in [9.17, 15) is 0 Å². The molecule has 19 heavy (non-hydrogen) atoms. The van der Waals surface area contributed by atoms with Gasteiger partial charge in [-0.05, 0) is 36.1 Å². The van der Waals surface area contributed by atoms with Crippen LogP contribution in [0.25, 0.3) is 0 Å². The number of aromatic nitrogens is 1. The molecule has 0 bridgehead atoms. The highest BCUT2D eigenvalue weighted by Gasteiger charge is 2.08. The lowest BCUT2D eigenvalue weighted by Gasteiger charge is -2.13. The van der Waals surface area contributed by atoms with Crippen LogP contribution < -0.4 is 5.32 Å². The van der Waals surface area contributed by atoms with Gasteiger partial charge in [0.25, 0.3) is 0 Å². The number of benzene rings is 1. The number of pyridine rings is 1. The quantitative estimate of drug-likeness (QED) is 0.814. The van der Waals surface area contributed by atoms with Crippen LogP contribution in [-0.4, -0.2) is 4.98 Å². The van der Waals surface area contributed by atoms with Crippen LogP contribution in [0.1, 0.15) is 23.6 Å². The Bertz CT molecular complexity index is 559. The summed E-state index contributed by atoms with van der Waals surface area (Å²) in [6.07, 6.45) is 1.02. The summed E-state index contributed by atoms with van der Waals surface area (Å²) in [6.45, 7) is 4.85. The first-order valence-corrected chi connectivity index (χ1v) is 7.00. The number of hydrogen-bond donors (Lipinski definition) is 1. The van der Waals surface area contributed by atoms with E-state index in [1.807, 2.05) is 19.1 Å². The molecule has 2 nitrogen and oxygen atoms in total. The Labute approximate surface area is 123 Å². The topological polar surface area (TPSA) is 24.9 Å². The van der Waals surface area contributed by atoms with Crippen molar-refractivity contribution >= 4 is 28.9 Å². The average molecular weight is 295 g/mol. The predicted octanol–water partition coefficient (Wildman–Crippen LogP) is 4.87. The van der Waals surface area contributed by atoms with Crippen molar-refractivity contribution in [1.29, 1.82) is 0 Å². The van der Waals surface area contributed by atoms with E-state index in [0.29, 0.717) is 10.3 Å². The minimum Gasteiger partial charge on any atom is -0.378 e. The van der Waals surface area contributed by atoms with Gasteiger partial charge in [0.05, 0.1) is 5.69 Å². The molecule has 1 heterocycles. The molecule has 2 aromatic rings. The number of rotatable bonds is 4. The van der Waals surface area contributed by atoms with E-state index in [4.69, 9.17) is 23.2 Å². The zero-order valence-electron chi connectivity index (χ0n) is 11.0. The van der Waals surface area contributed by atoms with Gasteiger partial charge in [-0.15, -0.1) is 0 Å². The Morgan fingerprint density at radius 1 is 1.16 bits per heavy atom. The molecule has 0 fully saturated rings. The minimum atomic E-state index is 0.416. The van der Waals surface area contributed by atoms with Crippen molar-refractivity contribution in [3.8, 4) is 0 Å². The summed E-state index contributed by atoms with van der Waals surface area (Å²) < 4.78 is 0. The minimum absolute atomic E-state index is 0.416. The lowest BCUT2D eigenvalue weighted by molar-refractivity contribution is 1.04. The van der Waals surface area contributed by atoms with E-state index in [0.717, 1.165) is 24.2 Å². The summed E-state index contributed by atoms with van der Waals surface area (Å²) in [5.41, 5.74) is 4.46. The fourth-order valence-electron chi connectivity index (χ4n) is 2.07. The second-order valence-corrected chi connectivity index (χ2v) is 5.15. The van der Waals surface area contributed by atoms with Crippen molar-refractivity contribution < 1.29 is 0 Å². The third-order valence-electron chi connectivity index (χ3n) is 3.10. The summed E-state index contributed by atoms with van der Waals surface area (Å²) in [5, 5.41) is 4.18. The lowest BCUT2D eigenvalue weighted by Crippen LogP contribution is -2.05. The first-order valence-electron chi connectivity index (χ1n) is 6.25. The van der Waals surface area contributed by atoms with Crippen LogP contribution in [-0.2, 0) is 13.0 Å². The zero-order chi connectivity index (χ0) is 13.8. The summed E-state index contributed by atoms with van der Waals surface area (Å²) in [4.78, 5) is 4.06. The monoisotopic (exact) mass is 294 g/mol. The molecule has 0 saturated heterocycles. The molecular formula is C15H16Cl2N2. The molecule has 0 radical (unpaired) electrons. The second-order valence-electron chi connectivity index (χ2n) is 4.40. The third-order valence-corrected chi connectivity index (χ3v) is 3.56. The van der Waals surface area contributed by atoms with Gasteiger partial charge in [-0.25, -0.2) is 4.98 Å². The van der Waals surface area contributed by atoms with Gasteiger partial charge in [-0.1, -0.05) is 54.4 Å². The van der Waals surface area contributed by atoms with Gasteiger partial charge < -0.3 is 5.32 Å². The normalized spacial score (nSPS) is 10.5. The Morgan fingerprint density at radius 2 is 1.84 bits per heavy atom. The largest absolute Gasteiger partial charge is 0.378 e. The van der Waals surface area contributed by atoms with Crippen molar-refractivity contribution in [2.75, 3.05) is 5.32 Å². The zero-order valence-corrected chi connectivity index (χ0v) is 12.5. The molecule has 1 N–H and O–H groups in total. The van der Waals surface area contributed by atoms with Crippen LogP contribution in [0.5, 0.6) is 0 Å². The number of nitrogens with one attached hydrogen (secondary N) is 1. The molecule has 0 saturated carbocycles. The molecular weight excluding hydrogens is 279 g/mol. The van der Waals surface area contributed by atoms with Gasteiger partial charge in [0.2, 0.25) is 0 Å². The molecule has 4 heteroatoms. The first-order chi connectivity index (χ1) is 9.11. The molecule has 0 amide bonds. The molecule has 0 atom stereocenters. The fraction of sp³-hybridized carbons (Fsp3) is 0.267. The van der Waals surface area contributed by atoms with Gasteiger partial charge in [0.1, 0.15) is 5.15 Å². The van der Waals surface area contributed by atoms with E-state index in [1.165, 1.54) is 11.1 Å². The number of nitrogens with zero attached hydrogens (tertiary/aromatic N) is 1. The molecule has 0 aliphatic heterocycles. The van der Waals surface area contributed by atoms with Gasteiger partial charge in [-0.2, -0.15) is 0 Å². The van der Waals surface area contributed by atoms with Gasteiger partial charge >= 0.3 is 0 Å². The second kappa shape index (κ2) is 6.27. The number of anilines is 1. The molecule has 0 aliphatic rings. The van der Waals surface area contributed by atoms with Crippen molar-refractivity contribution in [2.24, 2.45) is 0 Å². The molecule has 0 unspecified atom stereocenters. The summed E-state index contributed by atoms with van der Waals surface area (Å²) in [6, 6.07) is 10.2. The highest BCUT2D eigenvalue weighted by atomic mass is 35.5. The lowest BCUT2D eigenvalue weighted by atomic mass is 10.1. The molecule has 0 aliphatic carbocycles. The van der Waals surface area contributed by atoms with E-state index in [1.54, 1.807) is 0 Å². The van der Waals surface area contributed by atoms with Crippen LogP contribution in [0.15, 0.2) is 30.3 Å². The van der Waals surface area contributed by atoms with Crippen LogP contribution in [0.3, 0.4) is 0 Å².